The summed E-state index contributed by atoms with van der Waals surface area (Å²) in [5.74, 6) is 3.91. The molecule has 0 spiro atoms. The summed E-state index contributed by atoms with van der Waals surface area (Å²) in [5.41, 5.74) is 3.06. The van der Waals surface area contributed by atoms with Gasteiger partial charge in [0.2, 0.25) is 0 Å². The van der Waals surface area contributed by atoms with Gasteiger partial charge >= 0.3 is 0 Å². The first-order chi connectivity index (χ1) is 14.8. The Morgan fingerprint density at radius 3 is 1.28 bits per heavy atom. The van der Waals surface area contributed by atoms with E-state index < -0.39 is 0 Å². The molecular weight excluding hydrogens is 388 g/mol. The lowest BCUT2D eigenvalue weighted by atomic mass is 9.72. The molecule has 2 aliphatic heterocycles. The highest BCUT2D eigenvalue weighted by atomic mass is 14.9. The van der Waals surface area contributed by atoms with Gasteiger partial charge in [0.25, 0.3) is 0 Å². The number of fused-ring (bicyclic) bond motifs is 2. The van der Waals surface area contributed by atoms with Crippen LogP contribution in [0.15, 0.2) is 22.1 Å². The van der Waals surface area contributed by atoms with E-state index >= 15 is 0 Å². The van der Waals surface area contributed by atoms with Crippen molar-refractivity contribution in [2.45, 2.75) is 131 Å². The van der Waals surface area contributed by atoms with Crippen molar-refractivity contribution in [1.82, 2.24) is 0 Å². The molecule has 1 aromatic rings. The van der Waals surface area contributed by atoms with Crippen molar-refractivity contribution in [3.8, 4) is 0 Å². The molecule has 4 atom stereocenters. The summed E-state index contributed by atoms with van der Waals surface area (Å²) in [6.07, 6.45) is 7.18. The van der Waals surface area contributed by atoms with Crippen LogP contribution in [0.1, 0.15) is 131 Å². The van der Waals surface area contributed by atoms with E-state index in [9.17, 15) is 0 Å². The molecule has 180 valence electrons. The zero-order chi connectivity index (χ0) is 23.8. The second-order valence-corrected chi connectivity index (χ2v) is 13.4. The molecule has 1 aromatic carbocycles. The summed E-state index contributed by atoms with van der Waals surface area (Å²) in [5, 5.41) is 2.56. The van der Waals surface area contributed by atoms with E-state index in [2.05, 4.69) is 81.4 Å². The van der Waals surface area contributed by atoms with Gasteiger partial charge in [-0.1, -0.05) is 55.4 Å². The Bertz CT molecular complexity index is 834. The zero-order valence-electron chi connectivity index (χ0n) is 22.8. The second-order valence-electron chi connectivity index (χ2n) is 13.4. The van der Waals surface area contributed by atoms with E-state index in [-0.39, 0.29) is 11.1 Å². The van der Waals surface area contributed by atoms with Gasteiger partial charge in [-0.15, -0.1) is 0 Å². The minimum absolute atomic E-state index is 0.0560. The third-order valence-corrected chi connectivity index (χ3v) is 7.42. The van der Waals surface area contributed by atoms with Crippen molar-refractivity contribution >= 4 is 0 Å². The van der Waals surface area contributed by atoms with Crippen LogP contribution in [0.5, 0.6) is 0 Å². The van der Waals surface area contributed by atoms with Crippen molar-refractivity contribution in [2.75, 3.05) is 0 Å². The Kier molecular flexibility index (Phi) is 7.63. The smallest absolute Gasteiger partial charge is 0.0620 e. The molecule has 3 rings (SSSR count). The molecule has 0 fully saturated rings. The van der Waals surface area contributed by atoms with E-state index in [1.807, 2.05) is 0 Å². The molecule has 0 saturated heterocycles. The van der Waals surface area contributed by atoms with Gasteiger partial charge in [0.15, 0.2) is 0 Å². The predicted molar refractivity (Wildman–Crippen MR) is 138 cm³/mol. The topological polar surface area (TPSA) is 24.7 Å². The van der Waals surface area contributed by atoms with Gasteiger partial charge in [0, 0.05) is 0 Å². The fourth-order valence-corrected chi connectivity index (χ4v) is 6.99. The summed E-state index contributed by atoms with van der Waals surface area (Å²) in [6.45, 7) is 23.6. The zero-order valence-corrected chi connectivity index (χ0v) is 22.8. The summed E-state index contributed by atoms with van der Waals surface area (Å²) < 4.78 is 0. The highest BCUT2D eigenvalue weighted by molar-refractivity contribution is 5.32. The molecule has 0 aliphatic carbocycles. The van der Waals surface area contributed by atoms with Crippen molar-refractivity contribution in [3.05, 3.63) is 34.0 Å². The fourth-order valence-electron chi connectivity index (χ4n) is 6.99. The molecule has 4 unspecified atom stereocenters. The minimum atomic E-state index is 0.0560. The summed E-state index contributed by atoms with van der Waals surface area (Å²) >= 11 is 0. The summed E-state index contributed by atoms with van der Waals surface area (Å²) in [4.78, 5) is 10.9. The SMILES string of the molecule is CC(C)CC1CC(C)(CC(C)C)N=c2cc3c(cc21)=NC(C)(CC(C)C)CC3CC(C)C. The molecule has 32 heavy (non-hydrogen) atoms. The first-order valence-corrected chi connectivity index (χ1v) is 13.4. The highest BCUT2D eigenvalue weighted by Gasteiger charge is 2.37. The Labute approximate surface area is 198 Å². The van der Waals surface area contributed by atoms with Crippen LogP contribution in [0.2, 0.25) is 0 Å². The van der Waals surface area contributed by atoms with Crippen molar-refractivity contribution in [1.29, 1.82) is 0 Å². The van der Waals surface area contributed by atoms with Crippen molar-refractivity contribution in [3.63, 3.8) is 0 Å². The Morgan fingerprint density at radius 2 is 1.00 bits per heavy atom. The summed E-state index contributed by atoms with van der Waals surface area (Å²) in [6, 6.07) is 4.95. The molecule has 2 aliphatic rings. The van der Waals surface area contributed by atoms with Gasteiger partial charge in [0.1, 0.15) is 0 Å². The number of rotatable bonds is 8. The molecule has 2 heteroatoms. The van der Waals surface area contributed by atoms with Crippen LogP contribution in [-0.4, -0.2) is 11.1 Å². The molecule has 0 aromatic heterocycles. The molecular formula is C30H50N2. The molecule has 2 nitrogen and oxygen atoms in total. The lowest BCUT2D eigenvalue weighted by Crippen LogP contribution is -2.41. The maximum absolute atomic E-state index is 5.44. The number of hydrogen-bond acceptors (Lipinski definition) is 2. The van der Waals surface area contributed by atoms with Crippen molar-refractivity contribution < 1.29 is 0 Å². The van der Waals surface area contributed by atoms with Crippen LogP contribution in [0, 0.1) is 23.7 Å². The summed E-state index contributed by atoms with van der Waals surface area (Å²) in [7, 11) is 0. The van der Waals surface area contributed by atoms with Crippen molar-refractivity contribution in [2.24, 2.45) is 33.7 Å². The van der Waals surface area contributed by atoms with Crippen LogP contribution in [-0.2, 0) is 0 Å². The van der Waals surface area contributed by atoms with E-state index in [1.54, 1.807) is 0 Å². The van der Waals surface area contributed by atoms with Gasteiger partial charge in [-0.2, -0.15) is 0 Å². The van der Waals surface area contributed by atoms with E-state index in [1.165, 1.54) is 60.4 Å². The van der Waals surface area contributed by atoms with E-state index in [0.717, 1.165) is 0 Å². The van der Waals surface area contributed by atoms with Crippen LogP contribution in [0.3, 0.4) is 0 Å². The first-order valence-electron chi connectivity index (χ1n) is 13.4. The standard InChI is InChI=1S/C30H50N2/c1-19(2)11-23-17-29(9,15-21(5)6)31-27-14-26-24(12-20(3)4)18-30(10,16-22(7)8)32-28(26)13-25(23)27/h13-14,19-24H,11-12,15-18H2,1-10H3. The average molecular weight is 439 g/mol. The second kappa shape index (κ2) is 9.59. The lowest BCUT2D eigenvalue weighted by Gasteiger charge is -2.39. The molecule has 0 saturated carbocycles. The molecule has 0 bridgehead atoms. The fraction of sp³-hybridized carbons (Fsp3) is 0.800. The van der Waals surface area contributed by atoms with Gasteiger partial charge in [-0.25, -0.2) is 0 Å². The van der Waals surface area contributed by atoms with Crippen LogP contribution in [0.25, 0.3) is 0 Å². The maximum Gasteiger partial charge on any atom is 0.0620 e. The van der Waals surface area contributed by atoms with Crippen LogP contribution < -0.4 is 10.7 Å². The molecule has 0 amide bonds. The van der Waals surface area contributed by atoms with Gasteiger partial charge in [0.05, 0.1) is 21.8 Å². The Morgan fingerprint density at radius 1 is 0.656 bits per heavy atom. The monoisotopic (exact) mass is 438 g/mol. The Balaban J connectivity index is 2.20. The lowest BCUT2D eigenvalue weighted by molar-refractivity contribution is 0.280. The number of benzene rings is 1. The van der Waals surface area contributed by atoms with Crippen LogP contribution in [0.4, 0.5) is 0 Å². The quantitative estimate of drug-likeness (QED) is 0.399. The largest absolute Gasteiger partial charge is 0.279 e. The third-order valence-electron chi connectivity index (χ3n) is 7.42. The molecule has 0 N–H and O–H groups in total. The highest BCUT2D eigenvalue weighted by Crippen LogP contribution is 2.41. The third kappa shape index (κ3) is 6.03. The average Bonchev–Trinajstić information content (AvgIpc) is 2.57. The molecule has 2 heterocycles. The van der Waals surface area contributed by atoms with Crippen LogP contribution >= 0.6 is 0 Å². The normalized spacial score (nSPS) is 29.8. The van der Waals surface area contributed by atoms with Gasteiger partial charge in [-0.05, 0) is 111 Å². The van der Waals surface area contributed by atoms with E-state index in [4.69, 9.17) is 9.98 Å². The van der Waals surface area contributed by atoms with Gasteiger partial charge in [-0.3, -0.25) is 9.98 Å². The minimum Gasteiger partial charge on any atom is -0.279 e. The predicted octanol–water partition coefficient (Wildman–Crippen LogP) is 7.60. The Hall–Kier alpha value is -1.18. The number of hydrogen-bond donors (Lipinski definition) is 0. The first kappa shape index (κ1) is 25.4. The van der Waals surface area contributed by atoms with E-state index in [0.29, 0.717) is 35.5 Å². The maximum atomic E-state index is 5.44. The van der Waals surface area contributed by atoms with Gasteiger partial charge < -0.3 is 0 Å². The molecule has 0 radical (unpaired) electrons. The number of nitrogens with zero attached hydrogens (tertiary/aromatic N) is 2.